The summed E-state index contributed by atoms with van der Waals surface area (Å²) in [6.07, 6.45) is 0. The molecule has 0 aliphatic heterocycles. The highest BCUT2D eigenvalue weighted by Gasteiger charge is 2.15. The average Bonchev–Trinajstić information content (AvgIpc) is 2.73. The Kier molecular flexibility index (Phi) is 6.26. The second-order valence-corrected chi connectivity index (χ2v) is 5.84. The molecular weight excluding hydrogens is 377 g/mol. The van der Waals surface area contributed by atoms with Crippen LogP contribution in [0, 0.1) is 5.82 Å². The summed E-state index contributed by atoms with van der Waals surface area (Å²) in [6, 6.07) is 18.1. The molecule has 0 fully saturated rings. The number of esters is 1. The van der Waals surface area contributed by atoms with E-state index in [1.54, 1.807) is 36.4 Å². The number of carbonyl (C=O) groups excluding carboxylic acids is 2. The van der Waals surface area contributed by atoms with E-state index in [1.807, 2.05) is 0 Å². The molecule has 0 bridgehead atoms. The average molecular weight is 393 g/mol. The number of hydrogen-bond donors (Lipinski definition) is 2. The van der Waals surface area contributed by atoms with Crippen molar-refractivity contribution < 1.29 is 23.8 Å². The van der Waals surface area contributed by atoms with E-state index in [4.69, 9.17) is 4.74 Å². The number of amides is 1. The molecule has 3 aromatic carbocycles. The van der Waals surface area contributed by atoms with E-state index in [1.165, 1.54) is 36.4 Å². The van der Waals surface area contributed by atoms with Gasteiger partial charge >= 0.3 is 5.97 Å². The van der Waals surface area contributed by atoms with Gasteiger partial charge in [-0.1, -0.05) is 24.3 Å². The molecule has 8 heteroatoms. The van der Waals surface area contributed by atoms with Crippen molar-refractivity contribution in [3.63, 3.8) is 0 Å². The lowest BCUT2D eigenvalue weighted by Crippen LogP contribution is -2.21. The molecule has 0 aliphatic rings. The number of carbonyl (C=O) groups is 2. The zero-order valence-electron chi connectivity index (χ0n) is 15.1. The highest BCUT2D eigenvalue weighted by atomic mass is 19.1. The lowest BCUT2D eigenvalue weighted by Gasteiger charge is -2.08. The zero-order chi connectivity index (χ0) is 20.6. The maximum Gasteiger partial charge on any atom is 0.340 e. The maximum absolute atomic E-state index is 13.6. The van der Waals surface area contributed by atoms with Gasteiger partial charge in [-0.3, -0.25) is 4.79 Å². The van der Waals surface area contributed by atoms with E-state index >= 15 is 0 Å². The number of phenols is 1. The Bertz CT molecular complexity index is 1050. The third kappa shape index (κ3) is 5.46. The van der Waals surface area contributed by atoms with E-state index < -0.39 is 24.3 Å². The summed E-state index contributed by atoms with van der Waals surface area (Å²) in [4.78, 5) is 24.2. The minimum atomic E-state index is -0.770. The van der Waals surface area contributed by atoms with Crippen molar-refractivity contribution in [1.29, 1.82) is 0 Å². The van der Waals surface area contributed by atoms with Crippen LogP contribution < -0.4 is 5.32 Å². The highest BCUT2D eigenvalue weighted by molar-refractivity contribution is 5.98. The standard InChI is InChI=1S/C21H16FN3O4/c22-17-6-2-4-8-19(17)23-20(27)13-29-21(28)16-5-1-3-7-18(16)25-24-14-9-11-15(26)12-10-14/h1-12,26H,13H2,(H,23,27). The van der Waals surface area contributed by atoms with Crippen LogP contribution in [0.4, 0.5) is 21.5 Å². The number of ether oxygens (including phenoxy) is 1. The summed E-state index contributed by atoms with van der Waals surface area (Å²) < 4.78 is 18.6. The molecule has 0 heterocycles. The van der Waals surface area contributed by atoms with Crippen molar-refractivity contribution in [2.45, 2.75) is 0 Å². The lowest BCUT2D eigenvalue weighted by atomic mass is 10.2. The first-order valence-corrected chi connectivity index (χ1v) is 8.54. The molecule has 0 saturated carbocycles. The minimum absolute atomic E-state index is 0.00310. The van der Waals surface area contributed by atoms with Gasteiger partial charge in [-0.2, -0.15) is 5.11 Å². The van der Waals surface area contributed by atoms with Gasteiger partial charge in [0.1, 0.15) is 17.3 Å². The number of anilines is 1. The molecule has 0 spiro atoms. The largest absolute Gasteiger partial charge is 0.508 e. The number of rotatable bonds is 6. The van der Waals surface area contributed by atoms with Crippen molar-refractivity contribution in [3.8, 4) is 5.75 Å². The van der Waals surface area contributed by atoms with Gasteiger partial charge in [0.25, 0.3) is 5.91 Å². The van der Waals surface area contributed by atoms with Gasteiger partial charge in [0.2, 0.25) is 0 Å². The van der Waals surface area contributed by atoms with Gasteiger partial charge in [-0.15, -0.1) is 5.11 Å². The van der Waals surface area contributed by atoms with Crippen LogP contribution in [0.25, 0.3) is 0 Å². The number of phenolic OH excluding ortho intramolecular Hbond substituents is 1. The molecular formula is C21H16FN3O4. The normalized spacial score (nSPS) is 10.7. The molecule has 0 aromatic heterocycles. The second kappa shape index (κ2) is 9.23. The van der Waals surface area contributed by atoms with E-state index in [-0.39, 0.29) is 22.7 Å². The topological polar surface area (TPSA) is 100 Å². The Morgan fingerprint density at radius 1 is 0.931 bits per heavy atom. The number of hydrogen-bond acceptors (Lipinski definition) is 6. The molecule has 29 heavy (non-hydrogen) atoms. The van der Waals surface area contributed by atoms with E-state index in [0.717, 1.165) is 0 Å². The predicted octanol–water partition coefficient (Wildman–Crippen LogP) is 4.74. The van der Waals surface area contributed by atoms with Crippen LogP contribution in [0.3, 0.4) is 0 Å². The number of halogens is 1. The summed E-state index contributed by atoms with van der Waals surface area (Å²) >= 11 is 0. The van der Waals surface area contributed by atoms with Gasteiger partial charge in [-0.05, 0) is 48.5 Å². The minimum Gasteiger partial charge on any atom is -0.508 e. The molecule has 1 amide bonds. The molecule has 146 valence electrons. The van der Waals surface area contributed by atoms with E-state index in [0.29, 0.717) is 5.69 Å². The molecule has 0 saturated heterocycles. The Balaban J connectivity index is 1.64. The van der Waals surface area contributed by atoms with Gasteiger partial charge in [-0.25, -0.2) is 9.18 Å². The molecule has 2 N–H and O–H groups in total. The summed E-state index contributed by atoms with van der Waals surface area (Å²) in [5.74, 6) is -1.94. The second-order valence-electron chi connectivity index (χ2n) is 5.84. The van der Waals surface area contributed by atoms with Crippen molar-refractivity contribution in [2.24, 2.45) is 10.2 Å². The van der Waals surface area contributed by atoms with Crippen LogP contribution in [0.1, 0.15) is 10.4 Å². The third-order valence-corrected chi connectivity index (χ3v) is 3.73. The number of benzene rings is 3. The van der Waals surface area contributed by atoms with Gasteiger partial charge in [0, 0.05) is 0 Å². The SMILES string of the molecule is O=C(COC(=O)c1ccccc1N=Nc1ccc(O)cc1)Nc1ccccc1F. The first-order valence-electron chi connectivity index (χ1n) is 8.54. The Hall–Kier alpha value is -4.07. The molecule has 3 aromatic rings. The van der Waals surface area contributed by atoms with Gasteiger partial charge in [0.05, 0.1) is 16.9 Å². The number of nitrogens with one attached hydrogen (secondary N) is 1. The van der Waals surface area contributed by atoms with Crippen LogP contribution >= 0.6 is 0 Å². The fourth-order valence-electron chi connectivity index (χ4n) is 2.32. The Labute approximate surface area is 165 Å². The van der Waals surface area contributed by atoms with Crippen LogP contribution in [0.15, 0.2) is 83.0 Å². The van der Waals surface area contributed by atoms with Gasteiger partial charge in [0.15, 0.2) is 6.61 Å². The molecule has 0 unspecified atom stereocenters. The fraction of sp³-hybridized carbons (Fsp3) is 0.0476. The first-order chi connectivity index (χ1) is 14.0. The number of para-hydroxylation sites is 1. The van der Waals surface area contributed by atoms with Crippen molar-refractivity contribution in [3.05, 3.63) is 84.2 Å². The third-order valence-electron chi connectivity index (χ3n) is 3.73. The summed E-state index contributed by atoms with van der Waals surface area (Å²) in [7, 11) is 0. The summed E-state index contributed by atoms with van der Waals surface area (Å²) in [5, 5.41) is 19.6. The van der Waals surface area contributed by atoms with Crippen LogP contribution in [0.5, 0.6) is 5.75 Å². The monoisotopic (exact) mass is 393 g/mol. The van der Waals surface area contributed by atoms with Gasteiger partial charge < -0.3 is 15.2 Å². The molecule has 3 rings (SSSR count). The van der Waals surface area contributed by atoms with Crippen LogP contribution in [-0.4, -0.2) is 23.6 Å². The van der Waals surface area contributed by atoms with Crippen molar-refractivity contribution in [2.75, 3.05) is 11.9 Å². The van der Waals surface area contributed by atoms with Crippen molar-refractivity contribution >= 4 is 28.9 Å². The summed E-state index contributed by atoms with van der Waals surface area (Å²) in [6.45, 7) is -0.587. The molecule has 0 atom stereocenters. The molecule has 0 radical (unpaired) electrons. The van der Waals surface area contributed by atoms with E-state index in [9.17, 15) is 19.1 Å². The Morgan fingerprint density at radius 3 is 2.38 bits per heavy atom. The zero-order valence-corrected chi connectivity index (χ0v) is 15.1. The highest BCUT2D eigenvalue weighted by Crippen LogP contribution is 2.24. The van der Waals surface area contributed by atoms with Crippen molar-refractivity contribution in [1.82, 2.24) is 0 Å². The lowest BCUT2D eigenvalue weighted by molar-refractivity contribution is -0.119. The van der Waals surface area contributed by atoms with Crippen LogP contribution in [-0.2, 0) is 9.53 Å². The molecule has 7 nitrogen and oxygen atoms in total. The smallest absolute Gasteiger partial charge is 0.340 e. The number of nitrogens with zero attached hydrogens (tertiary/aromatic N) is 2. The number of aromatic hydroxyl groups is 1. The fourth-order valence-corrected chi connectivity index (χ4v) is 2.32. The molecule has 0 aliphatic carbocycles. The quantitative estimate of drug-likeness (QED) is 0.466. The van der Waals surface area contributed by atoms with Crippen LogP contribution in [0.2, 0.25) is 0 Å². The Morgan fingerprint density at radius 2 is 1.62 bits per heavy atom. The predicted molar refractivity (Wildman–Crippen MR) is 104 cm³/mol. The first kappa shape index (κ1) is 19.7. The summed E-state index contributed by atoms with van der Waals surface area (Å²) in [5.41, 5.74) is 0.848. The van der Waals surface area contributed by atoms with E-state index in [2.05, 4.69) is 15.5 Å². The number of azo groups is 1. The maximum atomic E-state index is 13.6.